The number of rotatable bonds is 7. The molecular formula is C14H21F2NS. The molecule has 1 rings (SSSR count). The summed E-state index contributed by atoms with van der Waals surface area (Å²) in [5.74, 6) is 0.341. The fourth-order valence-electron chi connectivity index (χ4n) is 1.74. The van der Waals surface area contributed by atoms with Gasteiger partial charge in [-0.25, -0.2) is 8.78 Å². The fraction of sp³-hybridized carbons (Fsp3) is 0.571. The van der Waals surface area contributed by atoms with Crippen LogP contribution >= 0.6 is 11.8 Å². The number of hydrogen-bond donors (Lipinski definition) is 1. The standard InChI is InChI=1S/C14H21F2NS/c1-4-10(3)13(17-5-2)9-18-14-7-6-11(15)8-12(14)16/h6-8,10,13,17H,4-5,9H2,1-3H3. The Morgan fingerprint density at radius 3 is 2.56 bits per heavy atom. The Morgan fingerprint density at radius 1 is 1.28 bits per heavy atom. The third kappa shape index (κ3) is 4.58. The van der Waals surface area contributed by atoms with Crippen LogP contribution in [0, 0.1) is 17.6 Å². The first-order chi connectivity index (χ1) is 8.58. The largest absolute Gasteiger partial charge is 0.313 e. The van der Waals surface area contributed by atoms with Crippen LogP contribution in [0.3, 0.4) is 0 Å². The van der Waals surface area contributed by atoms with Gasteiger partial charge in [0, 0.05) is 22.8 Å². The molecule has 0 aliphatic rings. The Morgan fingerprint density at radius 2 is 2.00 bits per heavy atom. The summed E-state index contributed by atoms with van der Waals surface area (Å²) in [4.78, 5) is 0.516. The molecule has 0 aliphatic heterocycles. The molecule has 102 valence electrons. The van der Waals surface area contributed by atoms with Gasteiger partial charge in [-0.1, -0.05) is 27.2 Å². The minimum atomic E-state index is -0.526. The van der Waals surface area contributed by atoms with Gasteiger partial charge in [0.1, 0.15) is 11.6 Å². The molecule has 0 fully saturated rings. The molecular weight excluding hydrogens is 252 g/mol. The second-order valence-electron chi connectivity index (χ2n) is 4.44. The van der Waals surface area contributed by atoms with Crippen LogP contribution < -0.4 is 5.32 Å². The molecule has 0 amide bonds. The van der Waals surface area contributed by atoms with Crippen LogP contribution in [-0.2, 0) is 0 Å². The number of benzene rings is 1. The van der Waals surface area contributed by atoms with Gasteiger partial charge in [-0.15, -0.1) is 11.8 Å². The average molecular weight is 273 g/mol. The predicted molar refractivity (Wildman–Crippen MR) is 74.0 cm³/mol. The van der Waals surface area contributed by atoms with Crippen LogP contribution in [0.25, 0.3) is 0 Å². The molecule has 0 aromatic heterocycles. The highest BCUT2D eigenvalue weighted by Gasteiger charge is 2.15. The molecule has 18 heavy (non-hydrogen) atoms. The zero-order valence-electron chi connectivity index (χ0n) is 11.2. The highest BCUT2D eigenvalue weighted by atomic mass is 32.2. The maximum absolute atomic E-state index is 13.5. The second kappa shape index (κ2) is 7.74. The van der Waals surface area contributed by atoms with Crippen LogP contribution in [0.4, 0.5) is 8.78 Å². The summed E-state index contributed by atoms with van der Waals surface area (Å²) >= 11 is 1.44. The quantitative estimate of drug-likeness (QED) is 0.751. The Hall–Kier alpha value is -0.610. The summed E-state index contributed by atoms with van der Waals surface area (Å²) in [6.45, 7) is 7.31. The van der Waals surface area contributed by atoms with Crippen molar-refractivity contribution in [2.24, 2.45) is 5.92 Å². The smallest absolute Gasteiger partial charge is 0.139 e. The summed E-state index contributed by atoms with van der Waals surface area (Å²) in [6, 6.07) is 4.11. The van der Waals surface area contributed by atoms with Gasteiger partial charge in [0.15, 0.2) is 0 Å². The topological polar surface area (TPSA) is 12.0 Å². The molecule has 0 heterocycles. The van der Waals surface area contributed by atoms with Crippen molar-refractivity contribution in [3.8, 4) is 0 Å². The van der Waals surface area contributed by atoms with Crippen LogP contribution in [0.15, 0.2) is 23.1 Å². The van der Waals surface area contributed by atoms with Crippen LogP contribution in [0.1, 0.15) is 27.2 Å². The summed E-state index contributed by atoms with van der Waals surface area (Å²) in [7, 11) is 0. The summed E-state index contributed by atoms with van der Waals surface area (Å²) in [5.41, 5.74) is 0. The maximum Gasteiger partial charge on any atom is 0.139 e. The van der Waals surface area contributed by atoms with Crippen molar-refractivity contribution in [1.29, 1.82) is 0 Å². The highest BCUT2D eigenvalue weighted by molar-refractivity contribution is 7.99. The number of nitrogens with one attached hydrogen (secondary N) is 1. The molecule has 2 unspecified atom stereocenters. The number of halogens is 2. The van der Waals surface area contributed by atoms with Crippen molar-refractivity contribution in [3.05, 3.63) is 29.8 Å². The number of thioether (sulfide) groups is 1. The van der Waals surface area contributed by atoms with Gasteiger partial charge in [0.05, 0.1) is 0 Å². The first kappa shape index (κ1) is 15.4. The third-order valence-electron chi connectivity index (χ3n) is 3.11. The SMILES string of the molecule is CCNC(CSc1ccc(F)cc1F)C(C)CC. The summed E-state index contributed by atoms with van der Waals surface area (Å²) in [5, 5.41) is 3.42. The molecule has 0 aliphatic carbocycles. The molecule has 1 nitrogen and oxygen atoms in total. The average Bonchev–Trinajstić information content (AvgIpc) is 2.35. The van der Waals surface area contributed by atoms with E-state index in [1.807, 2.05) is 0 Å². The first-order valence-electron chi connectivity index (χ1n) is 6.39. The van der Waals surface area contributed by atoms with Crippen molar-refractivity contribution < 1.29 is 8.78 Å². The maximum atomic E-state index is 13.5. The van der Waals surface area contributed by atoms with Gasteiger partial charge in [-0.2, -0.15) is 0 Å². The molecule has 4 heteroatoms. The summed E-state index contributed by atoms with van der Waals surface area (Å²) in [6.07, 6.45) is 1.09. The van der Waals surface area contributed by atoms with E-state index in [-0.39, 0.29) is 0 Å². The second-order valence-corrected chi connectivity index (χ2v) is 5.50. The lowest BCUT2D eigenvalue weighted by atomic mass is 10.0. The summed E-state index contributed by atoms with van der Waals surface area (Å²) < 4.78 is 26.3. The van der Waals surface area contributed by atoms with E-state index in [4.69, 9.17) is 0 Å². The molecule has 0 spiro atoms. The molecule has 0 bridgehead atoms. The van der Waals surface area contributed by atoms with Crippen molar-refractivity contribution >= 4 is 11.8 Å². The minimum absolute atomic E-state index is 0.356. The first-order valence-corrected chi connectivity index (χ1v) is 7.38. The highest BCUT2D eigenvalue weighted by Crippen LogP contribution is 2.25. The van der Waals surface area contributed by atoms with Gasteiger partial charge >= 0.3 is 0 Å². The van der Waals surface area contributed by atoms with Crippen molar-refractivity contribution in [3.63, 3.8) is 0 Å². The Bertz CT molecular complexity index is 371. The molecule has 0 saturated heterocycles. The van der Waals surface area contributed by atoms with Crippen molar-refractivity contribution in [2.75, 3.05) is 12.3 Å². The molecule has 0 saturated carbocycles. The zero-order chi connectivity index (χ0) is 13.5. The molecule has 1 aromatic carbocycles. The van der Waals surface area contributed by atoms with E-state index < -0.39 is 11.6 Å². The van der Waals surface area contributed by atoms with E-state index >= 15 is 0 Å². The Labute approximate surface area is 112 Å². The van der Waals surface area contributed by atoms with Gasteiger partial charge in [0.25, 0.3) is 0 Å². The van der Waals surface area contributed by atoms with E-state index in [9.17, 15) is 8.78 Å². The lowest BCUT2D eigenvalue weighted by Crippen LogP contribution is -2.36. The van der Waals surface area contributed by atoms with Crippen LogP contribution in [0.2, 0.25) is 0 Å². The molecule has 0 radical (unpaired) electrons. The van der Waals surface area contributed by atoms with E-state index in [0.29, 0.717) is 16.9 Å². The predicted octanol–water partition coefficient (Wildman–Crippen LogP) is 4.08. The van der Waals surface area contributed by atoms with Gasteiger partial charge in [-0.05, 0) is 24.6 Å². The van der Waals surface area contributed by atoms with E-state index in [0.717, 1.165) is 24.8 Å². The lowest BCUT2D eigenvalue weighted by molar-refractivity contribution is 0.404. The van der Waals surface area contributed by atoms with E-state index in [1.54, 1.807) is 0 Å². The van der Waals surface area contributed by atoms with Crippen molar-refractivity contribution in [1.82, 2.24) is 5.32 Å². The van der Waals surface area contributed by atoms with E-state index in [2.05, 4.69) is 26.1 Å². The normalized spacial score (nSPS) is 14.5. The van der Waals surface area contributed by atoms with Crippen molar-refractivity contribution in [2.45, 2.75) is 38.1 Å². The molecule has 2 atom stereocenters. The zero-order valence-corrected chi connectivity index (χ0v) is 12.0. The monoisotopic (exact) mass is 273 g/mol. The Kier molecular flexibility index (Phi) is 6.65. The minimum Gasteiger partial charge on any atom is -0.313 e. The Balaban J connectivity index is 2.60. The fourth-order valence-corrected chi connectivity index (χ4v) is 2.91. The molecule has 1 N–H and O–H groups in total. The number of hydrogen-bond acceptors (Lipinski definition) is 2. The van der Waals surface area contributed by atoms with Crippen LogP contribution in [0.5, 0.6) is 0 Å². The lowest BCUT2D eigenvalue weighted by Gasteiger charge is -2.23. The van der Waals surface area contributed by atoms with E-state index in [1.165, 1.54) is 23.9 Å². The van der Waals surface area contributed by atoms with Gasteiger partial charge in [-0.3, -0.25) is 0 Å². The van der Waals surface area contributed by atoms with Crippen LogP contribution in [-0.4, -0.2) is 18.3 Å². The molecule has 1 aromatic rings. The van der Waals surface area contributed by atoms with Gasteiger partial charge < -0.3 is 5.32 Å². The van der Waals surface area contributed by atoms with Gasteiger partial charge in [0.2, 0.25) is 0 Å². The third-order valence-corrected chi connectivity index (χ3v) is 4.28.